The zero-order valence-corrected chi connectivity index (χ0v) is 43.6. The number of hydrogen-bond acceptors (Lipinski definition) is 5. The van der Waals surface area contributed by atoms with E-state index in [9.17, 15) is 19.8 Å². The van der Waals surface area contributed by atoms with Crippen molar-refractivity contribution in [3.05, 3.63) is 36.5 Å². The molecule has 0 rings (SSSR count). The van der Waals surface area contributed by atoms with E-state index in [1.807, 2.05) is 0 Å². The fourth-order valence-corrected chi connectivity index (χ4v) is 8.92. The van der Waals surface area contributed by atoms with E-state index < -0.39 is 18.2 Å². The van der Waals surface area contributed by atoms with Crippen LogP contribution in [0.15, 0.2) is 36.5 Å². The molecule has 0 aliphatic rings. The second-order valence-corrected chi connectivity index (χ2v) is 19.7. The van der Waals surface area contributed by atoms with Gasteiger partial charge in [0.25, 0.3) is 0 Å². The largest absolute Gasteiger partial charge is 0.462 e. The molecule has 0 saturated carbocycles. The van der Waals surface area contributed by atoms with Crippen molar-refractivity contribution in [3.63, 3.8) is 0 Å². The number of hydrogen-bond donors (Lipinski definition) is 3. The Morgan fingerprint density at radius 2 is 0.831 bits per heavy atom. The number of aliphatic hydroxyl groups excluding tert-OH is 2. The van der Waals surface area contributed by atoms with Crippen LogP contribution >= 0.6 is 0 Å². The van der Waals surface area contributed by atoms with E-state index in [0.717, 1.165) is 89.9 Å². The maximum Gasteiger partial charge on any atom is 0.306 e. The van der Waals surface area contributed by atoms with Crippen molar-refractivity contribution in [1.29, 1.82) is 0 Å². The third kappa shape index (κ3) is 48.3. The Morgan fingerprint density at radius 1 is 0.462 bits per heavy atom. The van der Waals surface area contributed by atoms with E-state index in [1.54, 1.807) is 0 Å². The summed E-state index contributed by atoms with van der Waals surface area (Å²) in [7, 11) is 0. The number of carbonyl (C=O) groups is 2. The number of esters is 1. The van der Waals surface area contributed by atoms with Crippen LogP contribution in [0.25, 0.3) is 0 Å². The molecule has 6 nitrogen and oxygen atoms in total. The molecule has 0 radical (unpaired) electrons. The van der Waals surface area contributed by atoms with Crippen molar-refractivity contribution in [2.45, 2.75) is 322 Å². The van der Waals surface area contributed by atoms with Gasteiger partial charge in [0.05, 0.1) is 25.2 Å². The quantitative estimate of drug-likeness (QED) is 0.0321. The second-order valence-electron chi connectivity index (χ2n) is 19.7. The first-order valence-corrected chi connectivity index (χ1v) is 28.7. The maximum absolute atomic E-state index is 13.3. The van der Waals surface area contributed by atoms with E-state index in [2.05, 4.69) is 62.5 Å². The van der Waals surface area contributed by atoms with Crippen LogP contribution in [0.1, 0.15) is 303 Å². The number of carbonyl (C=O) groups excluding carboxylic acids is 2. The normalized spacial score (nSPS) is 13.4. The molecule has 0 fully saturated rings. The highest BCUT2D eigenvalue weighted by Gasteiger charge is 2.24. The van der Waals surface area contributed by atoms with E-state index in [4.69, 9.17) is 4.74 Å². The van der Waals surface area contributed by atoms with E-state index in [0.29, 0.717) is 19.3 Å². The highest BCUT2D eigenvalue weighted by atomic mass is 16.5. The number of rotatable bonds is 52. The third-order valence-corrected chi connectivity index (χ3v) is 13.2. The summed E-state index contributed by atoms with van der Waals surface area (Å²) in [6, 6.07) is -0.706. The molecular weight excluding hydrogens is 803 g/mol. The Labute approximate surface area is 404 Å². The number of allylic oxidation sites excluding steroid dienone is 6. The summed E-state index contributed by atoms with van der Waals surface area (Å²) in [5.74, 6) is -0.480. The van der Waals surface area contributed by atoms with Crippen LogP contribution in [0.3, 0.4) is 0 Å². The highest BCUT2D eigenvalue weighted by molar-refractivity contribution is 5.77. The Balaban J connectivity index is 4.52. The monoisotopic (exact) mass is 914 g/mol. The summed E-state index contributed by atoms with van der Waals surface area (Å²) >= 11 is 0. The van der Waals surface area contributed by atoms with Gasteiger partial charge >= 0.3 is 5.97 Å². The Hall–Kier alpha value is -1.92. The molecule has 65 heavy (non-hydrogen) atoms. The van der Waals surface area contributed by atoms with Crippen LogP contribution in [-0.2, 0) is 14.3 Å². The van der Waals surface area contributed by atoms with Gasteiger partial charge in [0.1, 0.15) is 6.10 Å². The number of aliphatic hydroxyl groups is 2. The lowest BCUT2D eigenvalue weighted by Crippen LogP contribution is -2.46. The fraction of sp³-hybridized carbons (Fsp3) is 0.864. The van der Waals surface area contributed by atoms with Crippen LogP contribution in [0.4, 0.5) is 0 Å². The standard InChI is InChI=1S/C59H111NO5/c1-4-7-10-13-16-19-22-25-28-29-30-31-34-37-40-43-46-49-52-59(64)65-55(50-47-44-41-38-35-32-26-23-20-17-14-11-8-5-2)53-58(63)60-56(54-61)57(62)51-48-45-42-39-36-33-27-24-21-18-15-12-9-6-3/h8,11,17,20,26,32,55-57,61-62H,4-7,9-10,12-16,18-19,21-25,27-31,33-54H2,1-3H3,(H,60,63)/b11-8+,20-17+,32-26+. The summed E-state index contributed by atoms with van der Waals surface area (Å²) in [4.78, 5) is 26.3. The van der Waals surface area contributed by atoms with Gasteiger partial charge < -0.3 is 20.3 Å². The lowest BCUT2D eigenvalue weighted by Gasteiger charge is -2.24. The van der Waals surface area contributed by atoms with Crippen molar-refractivity contribution >= 4 is 11.9 Å². The highest BCUT2D eigenvalue weighted by Crippen LogP contribution is 2.19. The zero-order chi connectivity index (χ0) is 47.4. The summed E-state index contributed by atoms with van der Waals surface area (Å²) in [6.07, 6.45) is 63.6. The van der Waals surface area contributed by atoms with Crippen LogP contribution in [0.5, 0.6) is 0 Å². The van der Waals surface area contributed by atoms with Crippen molar-refractivity contribution < 1.29 is 24.5 Å². The number of amides is 1. The average molecular weight is 915 g/mol. The van der Waals surface area contributed by atoms with Gasteiger partial charge in [0.15, 0.2) is 0 Å². The topological polar surface area (TPSA) is 95.9 Å². The summed E-state index contributed by atoms with van der Waals surface area (Å²) in [5.41, 5.74) is 0. The molecule has 3 atom stereocenters. The number of unbranched alkanes of at least 4 members (excludes halogenated alkanes) is 34. The maximum atomic E-state index is 13.3. The van der Waals surface area contributed by atoms with E-state index in [-0.39, 0.29) is 24.9 Å². The lowest BCUT2D eigenvalue weighted by atomic mass is 10.0. The first-order valence-electron chi connectivity index (χ1n) is 28.7. The van der Waals surface area contributed by atoms with Crippen molar-refractivity contribution in [2.75, 3.05) is 6.61 Å². The Bertz CT molecular complexity index is 1070. The molecule has 382 valence electrons. The van der Waals surface area contributed by atoms with Gasteiger partial charge in [-0.1, -0.05) is 269 Å². The van der Waals surface area contributed by atoms with Gasteiger partial charge in [-0.25, -0.2) is 0 Å². The number of nitrogens with one attached hydrogen (secondary N) is 1. The van der Waals surface area contributed by atoms with Gasteiger partial charge in [-0.3, -0.25) is 9.59 Å². The smallest absolute Gasteiger partial charge is 0.306 e. The minimum absolute atomic E-state index is 0.0669. The molecule has 0 aliphatic carbocycles. The van der Waals surface area contributed by atoms with Crippen LogP contribution in [0, 0.1) is 0 Å². The van der Waals surface area contributed by atoms with E-state index >= 15 is 0 Å². The fourth-order valence-electron chi connectivity index (χ4n) is 8.92. The second kappa shape index (κ2) is 53.0. The minimum atomic E-state index is -0.792. The predicted molar refractivity (Wildman–Crippen MR) is 282 cm³/mol. The van der Waals surface area contributed by atoms with Crippen LogP contribution in [-0.4, -0.2) is 46.9 Å². The first-order chi connectivity index (χ1) is 32.0. The molecule has 0 bridgehead atoms. The van der Waals surface area contributed by atoms with Gasteiger partial charge in [-0.15, -0.1) is 0 Å². The molecule has 0 aromatic rings. The predicted octanol–water partition coefficient (Wildman–Crippen LogP) is 17.6. The van der Waals surface area contributed by atoms with Gasteiger partial charge in [0, 0.05) is 6.42 Å². The summed E-state index contributed by atoms with van der Waals surface area (Å²) < 4.78 is 5.95. The van der Waals surface area contributed by atoms with Gasteiger partial charge in [-0.05, 0) is 57.8 Å². The van der Waals surface area contributed by atoms with Crippen LogP contribution < -0.4 is 5.32 Å². The number of ether oxygens (including phenoxy) is 1. The summed E-state index contributed by atoms with van der Waals surface area (Å²) in [5, 5.41) is 23.9. The molecule has 1 amide bonds. The van der Waals surface area contributed by atoms with Crippen molar-refractivity contribution in [1.82, 2.24) is 5.32 Å². The SMILES string of the molecule is CC/C=C/C/C=C/C/C=C/CCCCCCC(CC(=O)NC(CO)C(O)CCCCCCCCCCCCCCCC)OC(=O)CCCCCCCCCCCCCCCCCCCC. The molecular formula is C59H111NO5. The van der Waals surface area contributed by atoms with E-state index in [1.165, 1.54) is 167 Å². The first kappa shape index (κ1) is 63.1. The lowest BCUT2D eigenvalue weighted by molar-refractivity contribution is -0.151. The summed E-state index contributed by atoms with van der Waals surface area (Å²) in [6.45, 7) is 6.40. The molecule has 0 saturated heterocycles. The molecule has 3 unspecified atom stereocenters. The molecule has 6 heteroatoms. The Kier molecular flexibility index (Phi) is 51.5. The molecule has 0 heterocycles. The van der Waals surface area contributed by atoms with Gasteiger partial charge in [0.2, 0.25) is 5.91 Å². The molecule has 0 aromatic carbocycles. The zero-order valence-electron chi connectivity index (χ0n) is 43.6. The molecule has 0 aliphatic heterocycles. The van der Waals surface area contributed by atoms with Crippen LogP contribution in [0.2, 0.25) is 0 Å². The van der Waals surface area contributed by atoms with Crippen molar-refractivity contribution in [3.8, 4) is 0 Å². The van der Waals surface area contributed by atoms with Crippen molar-refractivity contribution in [2.24, 2.45) is 0 Å². The third-order valence-electron chi connectivity index (χ3n) is 13.2. The minimum Gasteiger partial charge on any atom is -0.462 e. The molecule has 0 spiro atoms. The molecule has 0 aromatic heterocycles. The van der Waals surface area contributed by atoms with Gasteiger partial charge in [-0.2, -0.15) is 0 Å². The molecule has 3 N–H and O–H groups in total. The Morgan fingerprint density at radius 3 is 1.26 bits per heavy atom. The average Bonchev–Trinajstić information content (AvgIpc) is 3.30.